The Labute approximate surface area is 123 Å². The summed E-state index contributed by atoms with van der Waals surface area (Å²) in [6.45, 7) is 7.02. The lowest BCUT2D eigenvalue weighted by Gasteiger charge is -2.33. The highest BCUT2D eigenvalue weighted by atomic mass is 16.6. The summed E-state index contributed by atoms with van der Waals surface area (Å²) in [5.41, 5.74) is 0.333. The van der Waals surface area contributed by atoms with Gasteiger partial charge in [0.1, 0.15) is 0 Å². The Hall–Kier alpha value is -2.12. The van der Waals surface area contributed by atoms with Crippen LogP contribution in [0.3, 0.4) is 0 Å². The van der Waals surface area contributed by atoms with E-state index in [0.717, 1.165) is 26.2 Å². The average Bonchev–Trinajstić information content (AvgIpc) is 2.50. The van der Waals surface area contributed by atoms with E-state index >= 15 is 0 Å². The summed E-state index contributed by atoms with van der Waals surface area (Å²) in [7, 11) is 1.37. The molecular formula is C14H19N3O4. The van der Waals surface area contributed by atoms with Crippen molar-refractivity contribution in [1.82, 2.24) is 10.2 Å². The number of hydrogen-bond donors (Lipinski definition) is 2. The minimum atomic E-state index is -0.497. The molecule has 0 unspecified atom stereocenters. The molecule has 0 saturated carbocycles. The van der Waals surface area contributed by atoms with Crippen LogP contribution in [0, 0.1) is 10.1 Å². The van der Waals surface area contributed by atoms with Crippen molar-refractivity contribution in [2.24, 2.45) is 0 Å². The molecule has 114 valence electrons. The molecule has 0 bridgehead atoms. The van der Waals surface area contributed by atoms with E-state index in [1.807, 2.05) is 0 Å². The fraction of sp³-hybridized carbons (Fsp3) is 0.429. The number of non-ortho nitro benzene ring substituents is 1. The summed E-state index contributed by atoms with van der Waals surface area (Å²) in [6, 6.07) is 2.31. The summed E-state index contributed by atoms with van der Waals surface area (Å²) >= 11 is 0. The van der Waals surface area contributed by atoms with Crippen molar-refractivity contribution in [3.05, 3.63) is 40.5 Å². The van der Waals surface area contributed by atoms with E-state index in [2.05, 4.69) is 16.8 Å². The van der Waals surface area contributed by atoms with Gasteiger partial charge in [-0.1, -0.05) is 6.08 Å². The number of nitro benzene ring substituents is 1. The second-order valence-electron chi connectivity index (χ2n) is 4.81. The van der Waals surface area contributed by atoms with Crippen LogP contribution in [0.15, 0.2) is 24.8 Å². The van der Waals surface area contributed by atoms with Gasteiger partial charge in [0, 0.05) is 37.8 Å². The Bertz CT molecular complexity index is 541. The van der Waals surface area contributed by atoms with Gasteiger partial charge >= 0.3 is 0 Å². The van der Waals surface area contributed by atoms with Gasteiger partial charge in [-0.25, -0.2) is 0 Å². The molecule has 1 saturated heterocycles. The smallest absolute Gasteiger partial charge is 0.273 e. The van der Waals surface area contributed by atoms with Crippen LogP contribution in [0.25, 0.3) is 0 Å². The van der Waals surface area contributed by atoms with Gasteiger partial charge in [-0.3, -0.25) is 15.0 Å². The van der Waals surface area contributed by atoms with Crippen LogP contribution in [0.2, 0.25) is 0 Å². The molecule has 0 spiro atoms. The first-order chi connectivity index (χ1) is 10.1. The van der Waals surface area contributed by atoms with E-state index < -0.39 is 4.92 Å². The summed E-state index contributed by atoms with van der Waals surface area (Å²) < 4.78 is 5.04. The predicted octanol–water partition coefficient (Wildman–Crippen LogP) is 1.44. The molecule has 1 fully saturated rings. The van der Waals surface area contributed by atoms with Crippen molar-refractivity contribution in [3.63, 3.8) is 0 Å². The Morgan fingerprint density at radius 3 is 2.71 bits per heavy atom. The maximum atomic E-state index is 11.0. The number of ether oxygens (including phenoxy) is 1. The Morgan fingerprint density at radius 2 is 2.19 bits per heavy atom. The Morgan fingerprint density at radius 1 is 1.52 bits per heavy atom. The van der Waals surface area contributed by atoms with E-state index in [0.29, 0.717) is 5.56 Å². The molecule has 1 aliphatic rings. The molecule has 7 heteroatoms. The zero-order valence-corrected chi connectivity index (χ0v) is 11.9. The van der Waals surface area contributed by atoms with E-state index in [-0.39, 0.29) is 23.2 Å². The Kier molecular flexibility index (Phi) is 4.77. The third kappa shape index (κ3) is 3.14. The fourth-order valence-electron chi connectivity index (χ4n) is 2.53. The third-order valence-corrected chi connectivity index (χ3v) is 3.61. The first-order valence-corrected chi connectivity index (χ1v) is 6.71. The number of rotatable bonds is 5. The number of nitrogens with zero attached hydrogens (tertiary/aromatic N) is 2. The molecule has 2 rings (SSSR count). The highest BCUT2D eigenvalue weighted by molar-refractivity contribution is 5.55. The minimum absolute atomic E-state index is 0.0773. The van der Waals surface area contributed by atoms with Crippen molar-refractivity contribution < 1.29 is 14.8 Å². The molecule has 0 aliphatic carbocycles. The number of phenolic OH excluding ortho intramolecular Hbond substituents is 1. The van der Waals surface area contributed by atoms with Crippen LogP contribution < -0.4 is 10.1 Å². The zero-order valence-electron chi connectivity index (χ0n) is 11.9. The molecule has 1 aliphatic heterocycles. The standard InChI is InChI=1S/C14H19N3O4/c1-3-12(16-6-4-15-5-7-16)11-8-10(17(19)20)9-13(21-2)14(11)18/h3,8-9,12,15,18H,1,4-7H2,2H3/t12-/m1/s1. The van der Waals surface area contributed by atoms with Gasteiger partial charge in [0.2, 0.25) is 0 Å². The zero-order chi connectivity index (χ0) is 15.4. The second-order valence-corrected chi connectivity index (χ2v) is 4.81. The molecule has 1 atom stereocenters. The van der Waals surface area contributed by atoms with Crippen molar-refractivity contribution in [3.8, 4) is 11.5 Å². The van der Waals surface area contributed by atoms with Gasteiger partial charge in [-0.2, -0.15) is 0 Å². The van der Waals surface area contributed by atoms with Crippen molar-refractivity contribution >= 4 is 5.69 Å². The Balaban J connectivity index is 2.45. The van der Waals surface area contributed by atoms with Crippen LogP contribution in [0.1, 0.15) is 11.6 Å². The molecule has 0 aromatic heterocycles. The quantitative estimate of drug-likeness (QED) is 0.485. The number of aromatic hydroxyl groups is 1. The molecular weight excluding hydrogens is 274 g/mol. The lowest BCUT2D eigenvalue weighted by molar-refractivity contribution is -0.385. The molecule has 0 amide bonds. The number of piperazine rings is 1. The lowest BCUT2D eigenvalue weighted by atomic mass is 10.0. The predicted molar refractivity (Wildman–Crippen MR) is 78.7 cm³/mol. The molecule has 2 N–H and O–H groups in total. The summed E-state index contributed by atoms with van der Waals surface area (Å²) in [5, 5.41) is 24.6. The largest absolute Gasteiger partial charge is 0.504 e. The van der Waals surface area contributed by atoms with Crippen LogP contribution in [0.5, 0.6) is 11.5 Å². The first-order valence-electron chi connectivity index (χ1n) is 6.71. The minimum Gasteiger partial charge on any atom is -0.504 e. The van der Waals surface area contributed by atoms with E-state index in [1.54, 1.807) is 6.08 Å². The first kappa shape index (κ1) is 15.3. The van der Waals surface area contributed by atoms with E-state index in [4.69, 9.17) is 4.74 Å². The van der Waals surface area contributed by atoms with Gasteiger partial charge in [-0.05, 0) is 0 Å². The number of benzene rings is 1. The molecule has 1 aromatic rings. The van der Waals surface area contributed by atoms with Gasteiger partial charge in [0.05, 0.1) is 24.1 Å². The number of nitro groups is 1. The normalized spacial score (nSPS) is 17.2. The van der Waals surface area contributed by atoms with Crippen LogP contribution >= 0.6 is 0 Å². The third-order valence-electron chi connectivity index (χ3n) is 3.61. The topological polar surface area (TPSA) is 87.9 Å². The highest BCUT2D eigenvalue weighted by Crippen LogP contribution is 2.40. The lowest BCUT2D eigenvalue weighted by Crippen LogP contribution is -2.44. The molecule has 7 nitrogen and oxygen atoms in total. The van der Waals surface area contributed by atoms with Crippen LogP contribution in [0.4, 0.5) is 5.69 Å². The summed E-state index contributed by atoms with van der Waals surface area (Å²) in [6.07, 6.45) is 1.68. The van der Waals surface area contributed by atoms with Crippen molar-refractivity contribution in [2.45, 2.75) is 6.04 Å². The van der Waals surface area contributed by atoms with Crippen LogP contribution in [-0.2, 0) is 0 Å². The number of nitrogens with one attached hydrogen (secondary N) is 1. The second kappa shape index (κ2) is 6.55. The number of phenols is 1. The average molecular weight is 293 g/mol. The maximum absolute atomic E-state index is 11.0. The monoisotopic (exact) mass is 293 g/mol. The fourth-order valence-corrected chi connectivity index (χ4v) is 2.53. The van der Waals surface area contributed by atoms with Gasteiger partial charge in [-0.15, -0.1) is 6.58 Å². The number of hydrogen-bond acceptors (Lipinski definition) is 6. The number of methoxy groups -OCH3 is 1. The van der Waals surface area contributed by atoms with Gasteiger partial charge < -0.3 is 15.2 Å². The summed E-state index contributed by atoms with van der Waals surface area (Å²) in [5.74, 6) is 0.0210. The van der Waals surface area contributed by atoms with E-state index in [9.17, 15) is 15.2 Å². The molecule has 21 heavy (non-hydrogen) atoms. The van der Waals surface area contributed by atoms with Crippen molar-refractivity contribution in [2.75, 3.05) is 33.3 Å². The van der Waals surface area contributed by atoms with Gasteiger partial charge in [0.25, 0.3) is 5.69 Å². The van der Waals surface area contributed by atoms with E-state index in [1.165, 1.54) is 19.2 Å². The highest BCUT2D eigenvalue weighted by Gasteiger charge is 2.26. The maximum Gasteiger partial charge on any atom is 0.273 e. The summed E-state index contributed by atoms with van der Waals surface area (Å²) in [4.78, 5) is 12.7. The van der Waals surface area contributed by atoms with Crippen LogP contribution in [-0.4, -0.2) is 48.2 Å². The van der Waals surface area contributed by atoms with Crippen molar-refractivity contribution in [1.29, 1.82) is 0 Å². The molecule has 1 aromatic carbocycles. The van der Waals surface area contributed by atoms with Gasteiger partial charge in [0.15, 0.2) is 11.5 Å². The molecule has 1 heterocycles. The SMILES string of the molecule is C=C[C@H](c1cc([N+](=O)[O-])cc(OC)c1O)N1CCNCC1. The molecule has 0 radical (unpaired) electrons.